The van der Waals surface area contributed by atoms with E-state index in [2.05, 4.69) is 0 Å². The van der Waals surface area contributed by atoms with Gasteiger partial charge in [-0.15, -0.1) is 0 Å². The number of aromatic hydroxyl groups is 1. The fourth-order valence-corrected chi connectivity index (χ4v) is 3.82. The predicted octanol–water partition coefficient (Wildman–Crippen LogP) is 6.13. The minimum absolute atomic E-state index is 0.173. The van der Waals surface area contributed by atoms with Gasteiger partial charge in [0.25, 0.3) is 0 Å². The van der Waals surface area contributed by atoms with Crippen molar-refractivity contribution in [2.75, 3.05) is 14.2 Å². The highest BCUT2D eigenvalue weighted by molar-refractivity contribution is 6.09. The maximum Gasteiger partial charge on any atom is 0.142 e. The zero-order chi connectivity index (χ0) is 19.3. The van der Waals surface area contributed by atoms with Crippen LogP contribution in [0.4, 0.5) is 0 Å². The first kappa shape index (κ1) is 16.5. The van der Waals surface area contributed by atoms with Gasteiger partial charge in [-0.25, -0.2) is 0 Å². The average molecular weight is 370 g/mol. The molecule has 5 aromatic rings. The highest BCUT2D eigenvalue weighted by atomic mass is 16.5. The lowest BCUT2D eigenvalue weighted by molar-refractivity contribution is 0.418. The van der Waals surface area contributed by atoms with Crippen LogP contribution in [0.1, 0.15) is 0 Å². The highest BCUT2D eigenvalue weighted by Gasteiger charge is 2.18. The standard InChI is InChI=1S/C24H18O4/c1-26-20-11-14-12-22(28-24(14)18-10-6-4-8-16(18)20)19-13-21(27-2)15-7-3-5-9-17(15)23(19)25/h3-13,25H,1-2H3. The van der Waals surface area contributed by atoms with Crippen LogP contribution >= 0.6 is 0 Å². The van der Waals surface area contributed by atoms with Crippen LogP contribution in [0.3, 0.4) is 0 Å². The molecular formula is C24H18O4. The maximum atomic E-state index is 10.9. The third-order valence-corrected chi connectivity index (χ3v) is 5.17. The lowest BCUT2D eigenvalue weighted by atomic mass is 10.0. The first-order chi connectivity index (χ1) is 13.7. The summed E-state index contributed by atoms with van der Waals surface area (Å²) in [5.41, 5.74) is 1.35. The Morgan fingerprint density at radius 2 is 1.29 bits per heavy atom. The van der Waals surface area contributed by atoms with Crippen molar-refractivity contribution in [1.82, 2.24) is 0 Å². The van der Waals surface area contributed by atoms with Gasteiger partial charge >= 0.3 is 0 Å². The van der Waals surface area contributed by atoms with Gasteiger partial charge < -0.3 is 19.0 Å². The van der Waals surface area contributed by atoms with Crippen LogP contribution in [0.15, 0.2) is 71.1 Å². The molecule has 1 aromatic heterocycles. The van der Waals surface area contributed by atoms with Gasteiger partial charge in [0.15, 0.2) is 0 Å². The first-order valence-corrected chi connectivity index (χ1v) is 8.99. The molecule has 0 amide bonds. The van der Waals surface area contributed by atoms with Crippen LogP contribution in [0, 0.1) is 0 Å². The van der Waals surface area contributed by atoms with Crippen LogP contribution in [0.25, 0.3) is 43.8 Å². The van der Waals surface area contributed by atoms with E-state index in [0.717, 1.165) is 38.3 Å². The van der Waals surface area contributed by atoms with Crippen molar-refractivity contribution in [3.63, 3.8) is 0 Å². The lowest BCUT2D eigenvalue weighted by Crippen LogP contribution is -1.88. The molecule has 0 saturated carbocycles. The van der Waals surface area contributed by atoms with Crippen LogP contribution in [0.2, 0.25) is 0 Å². The van der Waals surface area contributed by atoms with Gasteiger partial charge in [0.1, 0.15) is 28.6 Å². The van der Waals surface area contributed by atoms with Crippen molar-refractivity contribution in [2.45, 2.75) is 0 Å². The summed E-state index contributed by atoms with van der Waals surface area (Å²) in [5, 5.41) is 15.4. The fourth-order valence-electron chi connectivity index (χ4n) is 3.82. The molecule has 0 fully saturated rings. The second-order valence-corrected chi connectivity index (χ2v) is 6.67. The molecule has 0 bridgehead atoms. The van der Waals surface area contributed by atoms with Crippen molar-refractivity contribution in [2.24, 2.45) is 0 Å². The van der Waals surface area contributed by atoms with Crippen molar-refractivity contribution in [1.29, 1.82) is 0 Å². The van der Waals surface area contributed by atoms with Gasteiger partial charge in [0, 0.05) is 26.9 Å². The molecule has 0 saturated heterocycles. The van der Waals surface area contributed by atoms with Crippen LogP contribution in [0.5, 0.6) is 17.2 Å². The van der Waals surface area contributed by atoms with Gasteiger partial charge in [0.05, 0.1) is 19.8 Å². The molecule has 0 radical (unpaired) electrons. The van der Waals surface area contributed by atoms with E-state index in [-0.39, 0.29) is 5.75 Å². The second kappa shape index (κ2) is 6.20. The molecule has 0 atom stereocenters. The van der Waals surface area contributed by atoms with E-state index in [0.29, 0.717) is 17.1 Å². The minimum Gasteiger partial charge on any atom is -0.507 e. The average Bonchev–Trinajstić information content (AvgIpc) is 3.17. The van der Waals surface area contributed by atoms with E-state index in [1.165, 1.54) is 0 Å². The molecule has 28 heavy (non-hydrogen) atoms. The third-order valence-electron chi connectivity index (χ3n) is 5.17. The highest BCUT2D eigenvalue weighted by Crippen LogP contribution is 2.44. The topological polar surface area (TPSA) is 51.8 Å². The minimum atomic E-state index is 0.173. The van der Waals surface area contributed by atoms with Crippen molar-refractivity contribution in [3.05, 3.63) is 66.7 Å². The number of hydrogen-bond donors (Lipinski definition) is 1. The summed E-state index contributed by atoms with van der Waals surface area (Å²) in [6.45, 7) is 0. The number of fused-ring (bicyclic) bond motifs is 4. The molecule has 4 nitrogen and oxygen atoms in total. The third kappa shape index (κ3) is 2.31. The van der Waals surface area contributed by atoms with E-state index < -0.39 is 0 Å². The summed E-state index contributed by atoms with van der Waals surface area (Å²) < 4.78 is 17.3. The molecule has 0 aliphatic carbocycles. The number of furan rings is 1. The van der Waals surface area contributed by atoms with Gasteiger partial charge in [-0.3, -0.25) is 0 Å². The lowest BCUT2D eigenvalue weighted by Gasteiger charge is -2.10. The number of ether oxygens (including phenoxy) is 2. The first-order valence-electron chi connectivity index (χ1n) is 8.99. The molecule has 138 valence electrons. The van der Waals surface area contributed by atoms with E-state index in [9.17, 15) is 5.11 Å². The van der Waals surface area contributed by atoms with Crippen molar-refractivity contribution >= 4 is 32.5 Å². The van der Waals surface area contributed by atoms with E-state index in [1.807, 2.05) is 66.7 Å². The Labute approximate surface area is 161 Å². The van der Waals surface area contributed by atoms with Gasteiger partial charge in [-0.1, -0.05) is 48.5 Å². The van der Waals surface area contributed by atoms with Gasteiger partial charge in [0.2, 0.25) is 0 Å². The van der Waals surface area contributed by atoms with Crippen LogP contribution in [-0.4, -0.2) is 19.3 Å². The van der Waals surface area contributed by atoms with Crippen LogP contribution in [-0.2, 0) is 0 Å². The number of hydrogen-bond acceptors (Lipinski definition) is 4. The molecule has 0 spiro atoms. The Balaban J connectivity index is 1.83. The Morgan fingerprint density at radius 1 is 0.714 bits per heavy atom. The number of phenols is 1. The van der Waals surface area contributed by atoms with Crippen LogP contribution < -0.4 is 9.47 Å². The van der Waals surface area contributed by atoms with Gasteiger partial charge in [-0.05, 0) is 18.2 Å². The van der Waals surface area contributed by atoms with Crippen molar-refractivity contribution in [3.8, 4) is 28.6 Å². The monoisotopic (exact) mass is 370 g/mol. The number of methoxy groups -OCH3 is 2. The Morgan fingerprint density at radius 3 is 1.96 bits per heavy atom. The van der Waals surface area contributed by atoms with E-state index in [4.69, 9.17) is 13.9 Å². The summed E-state index contributed by atoms with van der Waals surface area (Å²) in [6, 6.07) is 21.3. The zero-order valence-electron chi connectivity index (χ0n) is 15.5. The maximum absolute atomic E-state index is 10.9. The summed E-state index contributed by atoms with van der Waals surface area (Å²) >= 11 is 0. The summed E-state index contributed by atoms with van der Waals surface area (Å²) in [6.07, 6.45) is 0. The summed E-state index contributed by atoms with van der Waals surface area (Å²) in [4.78, 5) is 0. The molecule has 1 heterocycles. The molecule has 1 N–H and O–H groups in total. The number of benzene rings is 4. The fraction of sp³-hybridized carbons (Fsp3) is 0.0833. The summed E-state index contributed by atoms with van der Waals surface area (Å²) in [7, 11) is 3.29. The molecule has 4 aromatic carbocycles. The largest absolute Gasteiger partial charge is 0.507 e. The van der Waals surface area contributed by atoms with Gasteiger partial charge in [-0.2, -0.15) is 0 Å². The molecule has 0 aliphatic rings. The normalized spacial score (nSPS) is 11.4. The number of phenolic OH excluding ortho intramolecular Hbond substituents is 1. The molecule has 0 unspecified atom stereocenters. The smallest absolute Gasteiger partial charge is 0.142 e. The number of rotatable bonds is 3. The molecule has 4 heteroatoms. The predicted molar refractivity (Wildman–Crippen MR) is 111 cm³/mol. The SMILES string of the molecule is COc1cc(-c2cc3cc(OC)c4ccccc4c3o2)c(O)c2ccccc12. The Hall–Kier alpha value is -3.66. The quantitative estimate of drug-likeness (QED) is 0.415. The summed E-state index contributed by atoms with van der Waals surface area (Å²) in [5.74, 6) is 2.23. The Kier molecular flexibility index (Phi) is 3.66. The molecular weight excluding hydrogens is 352 g/mol. The van der Waals surface area contributed by atoms with Crippen molar-refractivity contribution < 1.29 is 19.0 Å². The van der Waals surface area contributed by atoms with E-state index in [1.54, 1.807) is 14.2 Å². The zero-order valence-corrected chi connectivity index (χ0v) is 15.5. The molecule has 5 rings (SSSR count). The Bertz CT molecular complexity index is 1350. The molecule has 0 aliphatic heterocycles. The second-order valence-electron chi connectivity index (χ2n) is 6.67. The van der Waals surface area contributed by atoms with E-state index >= 15 is 0 Å².